The third kappa shape index (κ3) is 6.11. The molecule has 0 fully saturated rings. The van der Waals surface area contributed by atoms with Gasteiger partial charge in [0.2, 0.25) is 0 Å². The second-order valence-corrected chi connectivity index (χ2v) is 8.81. The number of nitrogens with one attached hydrogen (secondary N) is 1. The second-order valence-electron chi connectivity index (χ2n) is 8.81. The zero-order chi connectivity index (χ0) is 26.4. The molecule has 3 aromatic carbocycles. The van der Waals surface area contributed by atoms with Crippen LogP contribution in [-0.4, -0.2) is 28.5 Å². The van der Waals surface area contributed by atoms with Crippen LogP contribution >= 0.6 is 0 Å². The van der Waals surface area contributed by atoms with Crippen molar-refractivity contribution < 1.29 is 14.3 Å². The lowest BCUT2D eigenvalue weighted by molar-refractivity contribution is 0.0961. The standard InChI is InChI=1S/C30H28N4O3/c1-20-28(21(2)34(33-20)18-24-5-4-6-26(15-24)30(36)32-3)16-29(35)25-11-7-23(8-12-25)19-37-27-13-9-22(17-31)10-14-27/h4-15H,16,18-19H2,1-3H3,(H,32,36). The van der Waals surface area contributed by atoms with E-state index in [0.717, 1.165) is 28.1 Å². The third-order valence-electron chi connectivity index (χ3n) is 6.28. The molecule has 0 radical (unpaired) electrons. The van der Waals surface area contributed by atoms with E-state index in [4.69, 9.17) is 10.00 Å². The van der Waals surface area contributed by atoms with Crippen molar-refractivity contribution in [3.63, 3.8) is 0 Å². The summed E-state index contributed by atoms with van der Waals surface area (Å²) in [5, 5.41) is 16.2. The van der Waals surface area contributed by atoms with Gasteiger partial charge in [-0.05, 0) is 61.4 Å². The lowest BCUT2D eigenvalue weighted by Crippen LogP contribution is -2.18. The molecular formula is C30H28N4O3. The molecule has 186 valence electrons. The second kappa shape index (κ2) is 11.4. The van der Waals surface area contributed by atoms with E-state index in [2.05, 4.69) is 16.5 Å². The van der Waals surface area contributed by atoms with Crippen molar-refractivity contribution in [2.45, 2.75) is 33.4 Å². The largest absolute Gasteiger partial charge is 0.489 e. The predicted octanol–water partition coefficient (Wildman–Crippen LogP) is 4.78. The first-order valence-corrected chi connectivity index (χ1v) is 12.0. The first kappa shape index (κ1) is 25.4. The van der Waals surface area contributed by atoms with Gasteiger partial charge in [-0.25, -0.2) is 0 Å². The highest BCUT2D eigenvalue weighted by Gasteiger charge is 2.17. The highest BCUT2D eigenvalue weighted by molar-refractivity contribution is 5.97. The molecule has 0 saturated carbocycles. The number of rotatable bonds is 9. The lowest BCUT2D eigenvalue weighted by atomic mass is 10.0. The summed E-state index contributed by atoms with van der Waals surface area (Å²) in [6, 6.07) is 23.9. The van der Waals surface area contributed by atoms with Gasteiger partial charge < -0.3 is 10.1 Å². The average molecular weight is 493 g/mol. The van der Waals surface area contributed by atoms with Gasteiger partial charge in [-0.3, -0.25) is 14.3 Å². The van der Waals surface area contributed by atoms with Crippen LogP contribution < -0.4 is 10.1 Å². The third-order valence-corrected chi connectivity index (χ3v) is 6.28. The molecule has 7 heteroatoms. The van der Waals surface area contributed by atoms with Gasteiger partial charge in [-0.15, -0.1) is 0 Å². The van der Waals surface area contributed by atoms with Gasteiger partial charge in [-0.1, -0.05) is 36.4 Å². The van der Waals surface area contributed by atoms with Gasteiger partial charge in [0.25, 0.3) is 5.91 Å². The van der Waals surface area contributed by atoms with Crippen LogP contribution in [0.4, 0.5) is 0 Å². The first-order chi connectivity index (χ1) is 17.9. The molecule has 4 rings (SSSR count). The molecule has 0 atom stereocenters. The molecule has 0 aliphatic heterocycles. The summed E-state index contributed by atoms with van der Waals surface area (Å²) < 4.78 is 7.65. The van der Waals surface area contributed by atoms with Crippen molar-refractivity contribution in [1.29, 1.82) is 5.26 Å². The molecule has 4 aromatic rings. The van der Waals surface area contributed by atoms with Crippen LogP contribution in [0.1, 0.15) is 54.4 Å². The van der Waals surface area contributed by atoms with Gasteiger partial charge in [0.1, 0.15) is 12.4 Å². The fourth-order valence-electron chi connectivity index (χ4n) is 4.11. The molecule has 1 N–H and O–H groups in total. The fraction of sp³-hybridized carbons (Fsp3) is 0.200. The Morgan fingerprint density at radius 3 is 2.38 bits per heavy atom. The Labute approximate surface area is 216 Å². The number of ether oxygens (including phenoxy) is 1. The van der Waals surface area contributed by atoms with Crippen LogP contribution in [0, 0.1) is 25.2 Å². The van der Waals surface area contributed by atoms with Gasteiger partial charge >= 0.3 is 0 Å². The number of aryl methyl sites for hydroxylation is 1. The number of nitriles is 1. The summed E-state index contributed by atoms with van der Waals surface area (Å²) in [6.45, 7) is 4.76. The van der Waals surface area contributed by atoms with E-state index < -0.39 is 0 Å². The molecule has 0 spiro atoms. The number of amides is 1. The summed E-state index contributed by atoms with van der Waals surface area (Å²) >= 11 is 0. The van der Waals surface area contributed by atoms with Crippen LogP contribution in [0.5, 0.6) is 5.75 Å². The van der Waals surface area contributed by atoms with Crippen molar-refractivity contribution in [1.82, 2.24) is 15.1 Å². The fourth-order valence-corrected chi connectivity index (χ4v) is 4.11. The molecule has 1 amide bonds. The van der Waals surface area contributed by atoms with Crippen LogP contribution in [-0.2, 0) is 19.6 Å². The number of nitrogens with zero attached hydrogens (tertiary/aromatic N) is 3. The number of hydrogen-bond donors (Lipinski definition) is 1. The maximum absolute atomic E-state index is 13.1. The van der Waals surface area contributed by atoms with Crippen molar-refractivity contribution in [2.75, 3.05) is 7.05 Å². The summed E-state index contributed by atoms with van der Waals surface area (Å²) in [6.07, 6.45) is 0.261. The molecule has 0 aliphatic rings. The lowest BCUT2D eigenvalue weighted by Gasteiger charge is -2.08. The van der Waals surface area contributed by atoms with Crippen LogP contribution in [0.25, 0.3) is 0 Å². The summed E-state index contributed by atoms with van der Waals surface area (Å²) in [7, 11) is 1.61. The van der Waals surface area contributed by atoms with E-state index >= 15 is 0 Å². The molecule has 37 heavy (non-hydrogen) atoms. The molecule has 7 nitrogen and oxygen atoms in total. The van der Waals surface area contributed by atoms with E-state index in [1.165, 1.54) is 0 Å². The monoisotopic (exact) mass is 492 g/mol. The molecule has 1 heterocycles. The van der Waals surface area contributed by atoms with Gasteiger partial charge in [-0.2, -0.15) is 10.4 Å². The van der Waals surface area contributed by atoms with Crippen LogP contribution in [0.3, 0.4) is 0 Å². The maximum atomic E-state index is 13.1. The molecule has 0 aliphatic carbocycles. The zero-order valence-corrected chi connectivity index (χ0v) is 21.1. The number of aromatic nitrogens is 2. The number of ketones is 1. The van der Waals surface area contributed by atoms with E-state index in [1.807, 2.05) is 61.0 Å². The minimum absolute atomic E-state index is 0.0203. The van der Waals surface area contributed by atoms with E-state index in [0.29, 0.717) is 35.6 Å². The Hall–Kier alpha value is -4.70. The average Bonchev–Trinajstić information content (AvgIpc) is 3.19. The van der Waals surface area contributed by atoms with E-state index in [1.54, 1.807) is 37.4 Å². The predicted molar refractivity (Wildman–Crippen MR) is 141 cm³/mol. The highest BCUT2D eigenvalue weighted by Crippen LogP contribution is 2.19. The topological polar surface area (TPSA) is 97.0 Å². The highest BCUT2D eigenvalue weighted by atomic mass is 16.5. The van der Waals surface area contributed by atoms with Gasteiger partial charge in [0.15, 0.2) is 5.78 Å². The first-order valence-electron chi connectivity index (χ1n) is 12.0. The van der Waals surface area contributed by atoms with Crippen molar-refractivity contribution in [2.24, 2.45) is 0 Å². The number of hydrogen-bond acceptors (Lipinski definition) is 5. The van der Waals surface area contributed by atoms with Crippen molar-refractivity contribution >= 4 is 11.7 Å². The summed E-state index contributed by atoms with van der Waals surface area (Å²) in [4.78, 5) is 25.0. The van der Waals surface area contributed by atoms with E-state index in [-0.39, 0.29) is 18.1 Å². The van der Waals surface area contributed by atoms with Gasteiger partial charge in [0.05, 0.1) is 23.9 Å². The Balaban J connectivity index is 1.40. The quantitative estimate of drug-likeness (QED) is 0.339. The SMILES string of the molecule is CNC(=O)c1cccc(Cn2nc(C)c(CC(=O)c3ccc(COc4ccc(C#N)cc4)cc3)c2C)c1. The molecule has 0 bridgehead atoms. The maximum Gasteiger partial charge on any atom is 0.251 e. The van der Waals surface area contributed by atoms with E-state index in [9.17, 15) is 9.59 Å². The van der Waals surface area contributed by atoms with Crippen molar-refractivity contribution in [3.8, 4) is 11.8 Å². The minimum atomic E-state index is -0.131. The van der Waals surface area contributed by atoms with Crippen LogP contribution in [0.2, 0.25) is 0 Å². The number of Topliss-reactive ketones (excluding diaryl/α,β-unsaturated/α-hetero) is 1. The molecule has 1 aromatic heterocycles. The Kier molecular flexibility index (Phi) is 7.80. The Morgan fingerprint density at radius 1 is 0.973 bits per heavy atom. The number of carbonyl (C=O) groups is 2. The minimum Gasteiger partial charge on any atom is -0.489 e. The summed E-state index contributed by atoms with van der Waals surface area (Å²) in [5.41, 5.74) is 6.39. The van der Waals surface area contributed by atoms with Crippen LogP contribution in [0.15, 0.2) is 72.8 Å². The molecular weight excluding hydrogens is 464 g/mol. The van der Waals surface area contributed by atoms with Gasteiger partial charge in [0, 0.05) is 35.9 Å². The number of benzene rings is 3. The number of carbonyl (C=O) groups excluding carboxylic acids is 2. The smallest absolute Gasteiger partial charge is 0.251 e. The molecule has 0 unspecified atom stereocenters. The zero-order valence-electron chi connectivity index (χ0n) is 21.1. The molecule has 0 saturated heterocycles. The Bertz CT molecular complexity index is 1460. The normalized spacial score (nSPS) is 10.5. The van der Waals surface area contributed by atoms with Crippen molar-refractivity contribution in [3.05, 3.63) is 118 Å². The Morgan fingerprint density at radius 2 is 1.70 bits per heavy atom. The summed E-state index contributed by atoms with van der Waals surface area (Å²) in [5.74, 6) is 0.572.